The van der Waals surface area contributed by atoms with Crippen LogP contribution in [0, 0.1) is 6.92 Å². The van der Waals surface area contributed by atoms with Crippen LogP contribution in [0.5, 0.6) is 0 Å². The van der Waals surface area contributed by atoms with Crippen LogP contribution in [0.1, 0.15) is 26.9 Å². The zero-order valence-electron chi connectivity index (χ0n) is 8.50. The first kappa shape index (κ1) is 10.8. The number of aromatic carboxylic acids is 1. The van der Waals surface area contributed by atoms with Gasteiger partial charge in [-0.25, -0.2) is 4.79 Å². The van der Waals surface area contributed by atoms with Gasteiger partial charge in [0.25, 0.3) is 5.91 Å². The molecule has 0 spiro atoms. The van der Waals surface area contributed by atoms with E-state index in [9.17, 15) is 9.59 Å². The number of anilines is 1. The van der Waals surface area contributed by atoms with Crippen LogP contribution >= 0.6 is 0 Å². The van der Waals surface area contributed by atoms with Crippen molar-refractivity contribution >= 4 is 17.9 Å². The summed E-state index contributed by atoms with van der Waals surface area (Å²) in [6.45, 7) is 1.58. The van der Waals surface area contributed by atoms with Crippen molar-refractivity contribution in [3.63, 3.8) is 0 Å². The maximum absolute atomic E-state index is 11.5. The standard InChI is InChI=1S/C8H6N4O5/c1-3-9-8(17-11-3)10-6(13)4-2-5(7(14)15)16-12-4/h2H,1H3,(H,14,15)(H,9,10,11,13). The van der Waals surface area contributed by atoms with E-state index in [1.165, 1.54) is 0 Å². The van der Waals surface area contributed by atoms with Gasteiger partial charge in [-0.3, -0.25) is 10.1 Å². The molecule has 17 heavy (non-hydrogen) atoms. The van der Waals surface area contributed by atoms with Gasteiger partial charge >= 0.3 is 12.0 Å². The Bertz CT molecular complexity index is 572. The number of carbonyl (C=O) groups is 2. The molecule has 9 nitrogen and oxygen atoms in total. The second-order valence-electron chi connectivity index (χ2n) is 2.98. The minimum absolute atomic E-state index is 0.104. The normalized spacial score (nSPS) is 10.2. The van der Waals surface area contributed by atoms with Crippen molar-refractivity contribution in [3.05, 3.63) is 23.3 Å². The zero-order valence-corrected chi connectivity index (χ0v) is 8.50. The number of hydrogen-bond acceptors (Lipinski definition) is 7. The Kier molecular flexibility index (Phi) is 2.57. The Labute approximate surface area is 93.4 Å². The van der Waals surface area contributed by atoms with Crippen LogP contribution in [-0.2, 0) is 0 Å². The summed E-state index contributed by atoms with van der Waals surface area (Å²) in [6.07, 6.45) is 0. The third-order valence-electron chi connectivity index (χ3n) is 1.70. The van der Waals surface area contributed by atoms with Crippen LogP contribution in [0.4, 0.5) is 6.01 Å². The number of aryl methyl sites for hydroxylation is 1. The number of carbonyl (C=O) groups excluding carboxylic acids is 1. The van der Waals surface area contributed by atoms with Crippen molar-refractivity contribution in [1.82, 2.24) is 15.3 Å². The lowest BCUT2D eigenvalue weighted by atomic mass is 10.3. The third kappa shape index (κ3) is 2.27. The van der Waals surface area contributed by atoms with E-state index in [1.54, 1.807) is 6.92 Å². The topological polar surface area (TPSA) is 131 Å². The highest BCUT2D eigenvalue weighted by atomic mass is 16.5. The van der Waals surface area contributed by atoms with Crippen LogP contribution in [0.15, 0.2) is 15.1 Å². The third-order valence-corrected chi connectivity index (χ3v) is 1.70. The zero-order chi connectivity index (χ0) is 12.4. The van der Waals surface area contributed by atoms with Gasteiger partial charge in [-0.2, -0.15) is 4.98 Å². The maximum Gasteiger partial charge on any atom is 0.374 e. The molecule has 0 aliphatic rings. The van der Waals surface area contributed by atoms with Gasteiger partial charge in [0.1, 0.15) is 0 Å². The number of hydrogen-bond donors (Lipinski definition) is 2. The molecule has 0 radical (unpaired) electrons. The number of amides is 1. The van der Waals surface area contributed by atoms with Crippen LogP contribution in [-0.4, -0.2) is 32.3 Å². The van der Waals surface area contributed by atoms with Crippen molar-refractivity contribution in [2.24, 2.45) is 0 Å². The number of nitrogens with zero attached hydrogens (tertiary/aromatic N) is 3. The molecule has 88 valence electrons. The molecule has 0 aromatic carbocycles. The lowest BCUT2D eigenvalue weighted by Gasteiger charge is -1.93. The van der Waals surface area contributed by atoms with Crippen molar-refractivity contribution in [1.29, 1.82) is 0 Å². The molecule has 2 heterocycles. The molecular formula is C8H6N4O5. The fourth-order valence-electron chi connectivity index (χ4n) is 0.992. The average molecular weight is 238 g/mol. The summed E-state index contributed by atoms with van der Waals surface area (Å²) in [5.74, 6) is -2.10. The van der Waals surface area contributed by atoms with Crippen molar-refractivity contribution in [2.45, 2.75) is 6.92 Å². The number of rotatable bonds is 3. The van der Waals surface area contributed by atoms with Crippen LogP contribution in [0.3, 0.4) is 0 Å². The van der Waals surface area contributed by atoms with Crippen molar-refractivity contribution < 1.29 is 23.7 Å². The predicted molar refractivity (Wildman–Crippen MR) is 50.5 cm³/mol. The summed E-state index contributed by atoms with van der Waals surface area (Å²) in [5.41, 5.74) is -0.196. The largest absolute Gasteiger partial charge is 0.475 e. The van der Waals surface area contributed by atoms with E-state index in [4.69, 9.17) is 5.11 Å². The molecule has 1 amide bonds. The summed E-state index contributed by atoms with van der Waals surface area (Å²) in [5, 5.41) is 17.5. The maximum atomic E-state index is 11.5. The van der Waals surface area contributed by atoms with Gasteiger partial charge in [-0.1, -0.05) is 10.3 Å². The predicted octanol–water partition coefficient (Wildman–Crippen LogP) is 0.317. The van der Waals surface area contributed by atoms with Crippen LogP contribution < -0.4 is 5.32 Å². The van der Waals surface area contributed by atoms with Gasteiger partial charge in [0.15, 0.2) is 11.5 Å². The van der Waals surface area contributed by atoms with Crippen LogP contribution in [0.25, 0.3) is 0 Å². The quantitative estimate of drug-likeness (QED) is 0.781. The van der Waals surface area contributed by atoms with Gasteiger partial charge < -0.3 is 14.2 Å². The highest BCUT2D eigenvalue weighted by molar-refractivity contribution is 6.02. The molecule has 9 heteroatoms. The first-order chi connectivity index (χ1) is 8.06. The molecule has 0 bridgehead atoms. The highest BCUT2D eigenvalue weighted by Crippen LogP contribution is 2.07. The Morgan fingerprint density at radius 3 is 2.65 bits per heavy atom. The van der Waals surface area contributed by atoms with Gasteiger partial charge in [0, 0.05) is 6.07 Å². The summed E-state index contributed by atoms with van der Waals surface area (Å²) in [4.78, 5) is 25.7. The number of carboxylic acid groups (broad SMARTS) is 1. The molecule has 0 fully saturated rings. The van der Waals surface area contributed by atoms with Crippen molar-refractivity contribution in [3.8, 4) is 0 Å². The molecule has 0 saturated heterocycles. The van der Waals surface area contributed by atoms with Gasteiger partial charge in [0.2, 0.25) is 5.76 Å². The Morgan fingerprint density at radius 1 is 1.35 bits per heavy atom. The molecule has 0 unspecified atom stereocenters. The molecule has 0 aliphatic carbocycles. The SMILES string of the molecule is Cc1noc(NC(=O)c2cc(C(=O)O)on2)n1. The monoisotopic (exact) mass is 238 g/mol. The summed E-state index contributed by atoms with van der Waals surface area (Å²) < 4.78 is 9.06. The minimum atomic E-state index is -1.31. The van der Waals surface area contributed by atoms with Gasteiger partial charge in [-0.15, -0.1) is 0 Å². The Hall–Kier alpha value is -2.71. The molecule has 2 N–H and O–H groups in total. The summed E-state index contributed by atoms with van der Waals surface area (Å²) in [7, 11) is 0. The first-order valence-electron chi connectivity index (χ1n) is 4.38. The second kappa shape index (κ2) is 4.04. The second-order valence-corrected chi connectivity index (χ2v) is 2.98. The average Bonchev–Trinajstić information content (AvgIpc) is 2.86. The Morgan fingerprint density at radius 2 is 2.12 bits per heavy atom. The fourth-order valence-corrected chi connectivity index (χ4v) is 0.992. The molecular weight excluding hydrogens is 232 g/mol. The molecule has 2 rings (SSSR count). The van der Waals surface area contributed by atoms with Crippen molar-refractivity contribution in [2.75, 3.05) is 5.32 Å². The molecule has 0 atom stereocenters. The molecule has 2 aromatic rings. The number of carboxylic acids is 1. The number of nitrogens with one attached hydrogen (secondary N) is 1. The van der Waals surface area contributed by atoms with Gasteiger partial charge in [-0.05, 0) is 6.92 Å². The summed E-state index contributed by atoms with van der Waals surface area (Å²) >= 11 is 0. The molecule has 2 aromatic heterocycles. The number of aromatic nitrogens is 3. The lowest BCUT2D eigenvalue weighted by molar-refractivity contribution is 0.0651. The smallest absolute Gasteiger partial charge is 0.374 e. The first-order valence-corrected chi connectivity index (χ1v) is 4.38. The minimum Gasteiger partial charge on any atom is -0.475 e. The van der Waals surface area contributed by atoms with E-state index >= 15 is 0 Å². The van der Waals surface area contributed by atoms with Gasteiger partial charge in [0.05, 0.1) is 0 Å². The van der Waals surface area contributed by atoms with E-state index in [0.29, 0.717) is 5.82 Å². The van der Waals surface area contributed by atoms with Crippen LogP contribution in [0.2, 0.25) is 0 Å². The highest BCUT2D eigenvalue weighted by Gasteiger charge is 2.18. The van der Waals surface area contributed by atoms with E-state index in [2.05, 4.69) is 29.7 Å². The van der Waals surface area contributed by atoms with E-state index in [1.807, 2.05) is 0 Å². The van der Waals surface area contributed by atoms with E-state index in [0.717, 1.165) is 6.07 Å². The van der Waals surface area contributed by atoms with E-state index < -0.39 is 17.6 Å². The summed E-state index contributed by atoms with van der Waals surface area (Å²) in [6, 6.07) is 0.883. The lowest BCUT2D eigenvalue weighted by Crippen LogP contribution is -2.12. The Balaban J connectivity index is 2.11. The molecule has 0 aliphatic heterocycles. The van der Waals surface area contributed by atoms with E-state index in [-0.39, 0.29) is 11.7 Å². The fraction of sp³-hybridized carbons (Fsp3) is 0.125. The molecule has 0 saturated carbocycles.